The number of hydrogen-bond acceptors (Lipinski definition) is 4. The first kappa shape index (κ1) is 26.3. The molecule has 5 nitrogen and oxygen atoms in total. The summed E-state index contributed by atoms with van der Waals surface area (Å²) in [5.74, 6) is -0.346. The predicted molar refractivity (Wildman–Crippen MR) is 139 cm³/mol. The highest BCUT2D eigenvalue weighted by Gasteiger charge is 2.15. The van der Waals surface area contributed by atoms with Crippen LogP contribution in [0.3, 0.4) is 0 Å². The van der Waals surface area contributed by atoms with E-state index >= 15 is 0 Å². The van der Waals surface area contributed by atoms with Gasteiger partial charge in [-0.1, -0.05) is 74.7 Å². The van der Waals surface area contributed by atoms with Gasteiger partial charge in [0.25, 0.3) is 0 Å². The van der Waals surface area contributed by atoms with E-state index in [0.29, 0.717) is 17.1 Å². The van der Waals surface area contributed by atoms with Crippen molar-refractivity contribution in [2.45, 2.75) is 59.0 Å². The Hall–Kier alpha value is -2.28. The van der Waals surface area contributed by atoms with E-state index in [-0.39, 0.29) is 12.4 Å². The van der Waals surface area contributed by atoms with Crippen molar-refractivity contribution in [1.82, 2.24) is 25.2 Å². The third kappa shape index (κ3) is 7.90. The van der Waals surface area contributed by atoms with Crippen LogP contribution in [0.4, 0.5) is 4.39 Å². The van der Waals surface area contributed by atoms with Crippen LogP contribution in [0.15, 0.2) is 48.5 Å². The smallest absolute Gasteiger partial charge is 0.129 e. The Bertz CT molecular complexity index is 964. The van der Waals surface area contributed by atoms with E-state index in [2.05, 4.69) is 34.3 Å². The van der Waals surface area contributed by atoms with Crippen LogP contribution in [-0.4, -0.2) is 46.1 Å². The van der Waals surface area contributed by atoms with Gasteiger partial charge in [0.05, 0.1) is 6.54 Å². The maximum atomic E-state index is 14.3. The summed E-state index contributed by atoms with van der Waals surface area (Å²) in [4.78, 5) is 4.12. The molecule has 7 heteroatoms. The van der Waals surface area contributed by atoms with Crippen LogP contribution in [0.2, 0.25) is 5.02 Å². The van der Waals surface area contributed by atoms with Crippen LogP contribution < -0.4 is 5.32 Å². The lowest BCUT2D eigenvalue weighted by Gasteiger charge is -2.21. The number of rotatable bonds is 15. The summed E-state index contributed by atoms with van der Waals surface area (Å²) in [7, 11) is 0. The quantitative estimate of drug-likeness (QED) is 0.261. The lowest BCUT2D eigenvalue weighted by atomic mass is 10.1. The maximum absolute atomic E-state index is 14.3. The van der Waals surface area contributed by atoms with Gasteiger partial charge in [-0.25, -0.2) is 4.39 Å². The van der Waals surface area contributed by atoms with Crippen LogP contribution in [-0.2, 0) is 13.1 Å². The second-order valence-corrected chi connectivity index (χ2v) is 9.08. The van der Waals surface area contributed by atoms with Gasteiger partial charge < -0.3 is 10.2 Å². The largest absolute Gasteiger partial charge is 0.311 e. The molecule has 0 atom stereocenters. The summed E-state index contributed by atoms with van der Waals surface area (Å²) in [6, 6.07) is 14.7. The molecule has 0 saturated carbocycles. The lowest BCUT2D eigenvalue weighted by Crippen LogP contribution is -2.29. The Morgan fingerprint density at radius 1 is 0.912 bits per heavy atom. The number of aromatic nitrogens is 3. The summed E-state index contributed by atoms with van der Waals surface area (Å²) in [6.07, 6.45) is 6.07. The maximum Gasteiger partial charge on any atom is 0.129 e. The second-order valence-electron chi connectivity index (χ2n) is 8.67. The summed E-state index contributed by atoms with van der Waals surface area (Å²) >= 11 is 6.23. The number of nitrogens with zero attached hydrogens (tertiary/aromatic N) is 4. The molecule has 3 aromatic rings. The molecule has 0 aliphatic carbocycles. The summed E-state index contributed by atoms with van der Waals surface area (Å²) in [6.45, 7) is 9.68. The molecular weight excluding hydrogens is 449 g/mol. The van der Waals surface area contributed by atoms with Crippen molar-refractivity contribution in [3.63, 3.8) is 0 Å². The van der Waals surface area contributed by atoms with Crippen molar-refractivity contribution < 1.29 is 4.39 Å². The number of hydrogen-bond donors (Lipinski definition) is 1. The minimum absolute atomic E-state index is 0.190. The molecule has 1 heterocycles. The van der Waals surface area contributed by atoms with Gasteiger partial charge in [0.15, 0.2) is 0 Å². The fourth-order valence-electron chi connectivity index (χ4n) is 3.95. The van der Waals surface area contributed by atoms with Crippen molar-refractivity contribution in [2.75, 3.05) is 26.2 Å². The summed E-state index contributed by atoms with van der Waals surface area (Å²) < 4.78 is 14.3. The van der Waals surface area contributed by atoms with Gasteiger partial charge in [0.2, 0.25) is 0 Å². The molecule has 0 fully saturated rings. The van der Waals surface area contributed by atoms with Crippen molar-refractivity contribution >= 4 is 11.6 Å². The molecule has 0 saturated heterocycles. The van der Waals surface area contributed by atoms with Gasteiger partial charge in [-0.15, -0.1) is 0 Å². The van der Waals surface area contributed by atoms with Crippen LogP contribution in [0, 0.1) is 5.82 Å². The highest BCUT2D eigenvalue weighted by Crippen LogP contribution is 2.23. The van der Waals surface area contributed by atoms with E-state index < -0.39 is 0 Å². The van der Waals surface area contributed by atoms with Crippen molar-refractivity contribution in [2.24, 2.45) is 0 Å². The normalized spacial score (nSPS) is 11.4. The monoisotopic (exact) mass is 485 g/mol. The molecule has 3 rings (SSSR count). The zero-order valence-corrected chi connectivity index (χ0v) is 21.2. The van der Waals surface area contributed by atoms with E-state index in [1.807, 2.05) is 30.3 Å². The molecule has 0 unspecified atom stereocenters. The fourth-order valence-corrected chi connectivity index (χ4v) is 4.17. The van der Waals surface area contributed by atoms with E-state index in [4.69, 9.17) is 11.6 Å². The SMILES string of the molecule is CCCCN(CCCC)CCCNCc1nn(Cc2c(F)cccc2Cl)nc1-c1ccccc1. The second kappa shape index (κ2) is 14.2. The highest BCUT2D eigenvalue weighted by molar-refractivity contribution is 6.31. The summed E-state index contributed by atoms with van der Waals surface area (Å²) in [5.41, 5.74) is 3.06. The molecule has 0 aliphatic rings. The first-order valence-corrected chi connectivity index (χ1v) is 12.9. The third-order valence-electron chi connectivity index (χ3n) is 5.91. The van der Waals surface area contributed by atoms with E-state index in [9.17, 15) is 4.39 Å². The van der Waals surface area contributed by atoms with Gasteiger partial charge in [-0.3, -0.25) is 0 Å². The van der Waals surface area contributed by atoms with Gasteiger partial charge >= 0.3 is 0 Å². The number of halogens is 2. The van der Waals surface area contributed by atoms with Gasteiger partial charge in [-0.05, 0) is 57.6 Å². The Kier molecular flexibility index (Phi) is 11.0. The van der Waals surface area contributed by atoms with Gasteiger partial charge in [-0.2, -0.15) is 15.0 Å². The molecule has 2 aromatic carbocycles. The zero-order valence-electron chi connectivity index (χ0n) is 20.4. The minimum Gasteiger partial charge on any atom is -0.311 e. The number of nitrogens with one attached hydrogen (secondary N) is 1. The van der Waals surface area contributed by atoms with E-state index in [0.717, 1.165) is 36.5 Å². The zero-order chi connectivity index (χ0) is 24.2. The van der Waals surface area contributed by atoms with Crippen LogP contribution in [0.25, 0.3) is 11.3 Å². The molecule has 184 valence electrons. The van der Waals surface area contributed by atoms with E-state index in [1.54, 1.807) is 16.9 Å². The van der Waals surface area contributed by atoms with Crippen LogP contribution in [0.1, 0.15) is 57.2 Å². The average Bonchev–Trinajstić information content (AvgIpc) is 3.25. The molecule has 0 radical (unpaired) electrons. The Morgan fingerprint density at radius 2 is 1.62 bits per heavy atom. The Labute approximate surface area is 208 Å². The molecule has 1 aromatic heterocycles. The average molecular weight is 486 g/mol. The number of unbranched alkanes of at least 4 members (excludes halogenated alkanes) is 2. The Balaban J connectivity index is 1.63. The minimum atomic E-state index is -0.346. The molecule has 34 heavy (non-hydrogen) atoms. The van der Waals surface area contributed by atoms with Gasteiger partial charge in [0, 0.05) is 22.7 Å². The molecular formula is C27H37ClFN5. The van der Waals surface area contributed by atoms with E-state index in [1.165, 1.54) is 44.8 Å². The van der Waals surface area contributed by atoms with Gasteiger partial charge in [0.1, 0.15) is 17.2 Å². The molecule has 1 N–H and O–H groups in total. The van der Waals surface area contributed by atoms with Crippen LogP contribution in [0.5, 0.6) is 0 Å². The molecule has 0 bridgehead atoms. The fraction of sp³-hybridized carbons (Fsp3) is 0.481. The first-order chi connectivity index (χ1) is 16.6. The molecule has 0 amide bonds. The standard InChI is InChI=1S/C27H37ClFN5/c1-3-5-17-33(18-6-4-2)19-11-16-30-20-26-27(22-12-8-7-9-13-22)32-34(31-26)21-23-24(28)14-10-15-25(23)29/h7-10,12-15,30H,3-6,11,16-21H2,1-2H3. The summed E-state index contributed by atoms with van der Waals surface area (Å²) in [5, 5.41) is 13.3. The van der Waals surface area contributed by atoms with Crippen molar-refractivity contribution in [3.8, 4) is 11.3 Å². The number of benzene rings is 2. The highest BCUT2D eigenvalue weighted by atomic mass is 35.5. The molecule has 0 spiro atoms. The Morgan fingerprint density at radius 3 is 2.29 bits per heavy atom. The van der Waals surface area contributed by atoms with Crippen molar-refractivity contribution in [3.05, 3.63) is 70.6 Å². The predicted octanol–water partition coefficient (Wildman–Crippen LogP) is 6.17. The molecule has 0 aliphatic heterocycles. The lowest BCUT2D eigenvalue weighted by molar-refractivity contribution is 0.261. The van der Waals surface area contributed by atoms with Crippen LogP contribution >= 0.6 is 11.6 Å². The third-order valence-corrected chi connectivity index (χ3v) is 6.26. The topological polar surface area (TPSA) is 46.0 Å². The van der Waals surface area contributed by atoms with Crippen molar-refractivity contribution in [1.29, 1.82) is 0 Å². The first-order valence-electron chi connectivity index (χ1n) is 12.5.